The molecule has 4 saturated heterocycles. The summed E-state index contributed by atoms with van der Waals surface area (Å²) >= 11 is 27.6. The van der Waals surface area contributed by atoms with Gasteiger partial charge in [-0.2, -0.15) is 0 Å². The number of likely N-dealkylation sites (tertiary alicyclic amines) is 2. The maximum absolute atomic E-state index is 13.1. The van der Waals surface area contributed by atoms with Gasteiger partial charge in [-0.25, -0.2) is 9.59 Å². The van der Waals surface area contributed by atoms with E-state index in [1.54, 1.807) is 9.80 Å². The normalized spacial score (nSPS) is 21.0. The van der Waals surface area contributed by atoms with E-state index < -0.39 is 0 Å². The molecule has 4 fully saturated rings. The van der Waals surface area contributed by atoms with Crippen LogP contribution in [0.4, 0.5) is 9.59 Å². The van der Waals surface area contributed by atoms with Gasteiger partial charge in [0, 0.05) is 132 Å². The minimum Gasteiger partial charge on any atom is -0.351 e. The molecular formula is C52H60Br4Cl2N10O4. The van der Waals surface area contributed by atoms with Gasteiger partial charge in [-0.1, -0.05) is 55.1 Å². The number of benzene rings is 2. The number of primary amides is 2. The summed E-state index contributed by atoms with van der Waals surface area (Å²) in [5.41, 5.74) is 20.4. The third-order valence-corrected chi connectivity index (χ3v) is 18.1. The number of pyridine rings is 2. The summed E-state index contributed by atoms with van der Waals surface area (Å²) in [5.74, 6) is 1.05. The first-order valence-electron chi connectivity index (χ1n) is 25.0. The number of fused-ring (bicyclic) bond motifs is 4. The Bertz CT molecular complexity index is 2510. The summed E-state index contributed by atoms with van der Waals surface area (Å²) in [6, 6.07) is 11.8. The van der Waals surface area contributed by atoms with Crippen molar-refractivity contribution in [3.8, 4) is 0 Å². The number of urea groups is 2. The van der Waals surface area contributed by atoms with Gasteiger partial charge in [-0.15, -0.1) is 0 Å². The molecule has 4 aliphatic heterocycles. The highest BCUT2D eigenvalue weighted by atomic mass is 79.9. The zero-order chi connectivity index (χ0) is 50.8. The molecule has 0 bridgehead atoms. The Morgan fingerprint density at radius 1 is 0.486 bits per heavy atom. The summed E-state index contributed by atoms with van der Waals surface area (Å²) in [7, 11) is 0. The molecule has 10 rings (SSSR count). The van der Waals surface area contributed by atoms with E-state index in [0.717, 1.165) is 117 Å². The lowest BCUT2D eigenvalue weighted by molar-refractivity contribution is -0.135. The fourth-order valence-electron chi connectivity index (χ4n) is 11.6. The van der Waals surface area contributed by atoms with Crippen LogP contribution in [0.15, 0.2) is 66.7 Å². The van der Waals surface area contributed by atoms with Gasteiger partial charge in [0.05, 0.1) is 23.5 Å². The predicted molar refractivity (Wildman–Crippen MR) is 294 cm³/mol. The van der Waals surface area contributed by atoms with Crippen LogP contribution in [0.2, 0.25) is 10.0 Å². The molecule has 2 aliphatic carbocycles. The maximum Gasteiger partial charge on any atom is 0.314 e. The van der Waals surface area contributed by atoms with Crippen molar-refractivity contribution in [1.29, 1.82) is 0 Å². The largest absolute Gasteiger partial charge is 0.351 e. The van der Waals surface area contributed by atoms with Gasteiger partial charge in [0.15, 0.2) is 0 Å². The molecule has 0 radical (unpaired) electrons. The van der Waals surface area contributed by atoms with Gasteiger partial charge >= 0.3 is 12.1 Å². The molecule has 2 atom stereocenters. The number of hydrogen-bond acceptors (Lipinski definition) is 8. The molecule has 6 heterocycles. The number of carbonyl (C=O) groups is 4. The number of halogens is 6. The molecule has 4 aromatic rings. The quantitative estimate of drug-likeness (QED) is 0.193. The standard InChI is InChI=1S/2C26H30Br2ClN5O2/c2*27-19-12-18-2-1-17-13-20(29)14-21(28)23(17)25(24(18)31-15-19)33-9-7-32(8-10-33)22(35)11-16-3-5-34(6-4-16)26(30)36/h2*12-16,25H,1-11H2,(H2,30,36). The van der Waals surface area contributed by atoms with Crippen molar-refractivity contribution in [1.82, 2.24) is 39.4 Å². The monoisotopic (exact) mass is 1270 g/mol. The van der Waals surface area contributed by atoms with Crippen LogP contribution in [0, 0.1) is 11.8 Å². The first kappa shape index (κ1) is 53.5. The Kier molecular flexibility index (Phi) is 17.6. The second-order valence-corrected chi connectivity index (χ2v) is 24.3. The second-order valence-electron chi connectivity index (χ2n) is 19.9. The number of aryl methyl sites for hydroxylation is 4. The van der Waals surface area contributed by atoms with Gasteiger partial charge in [0.2, 0.25) is 11.8 Å². The first-order chi connectivity index (χ1) is 34.6. The number of piperazine rings is 2. The molecule has 14 nitrogen and oxygen atoms in total. The van der Waals surface area contributed by atoms with E-state index in [4.69, 9.17) is 44.6 Å². The summed E-state index contributed by atoms with van der Waals surface area (Å²) in [5, 5.41) is 1.47. The van der Waals surface area contributed by atoms with Crippen molar-refractivity contribution in [2.24, 2.45) is 23.3 Å². The van der Waals surface area contributed by atoms with E-state index in [9.17, 15) is 19.2 Å². The summed E-state index contributed by atoms with van der Waals surface area (Å²) in [4.78, 5) is 71.0. The second kappa shape index (κ2) is 23.7. The molecule has 20 heteroatoms. The molecule has 72 heavy (non-hydrogen) atoms. The Morgan fingerprint density at radius 2 is 0.833 bits per heavy atom. The summed E-state index contributed by atoms with van der Waals surface area (Å²) < 4.78 is 3.99. The number of carbonyl (C=O) groups excluding carboxylic acids is 4. The van der Waals surface area contributed by atoms with Crippen LogP contribution in [0.1, 0.15) is 95.4 Å². The zero-order valence-electron chi connectivity index (χ0n) is 40.1. The molecule has 2 aromatic heterocycles. The van der Waals surface area contributed by atoms with Crippen LogP contribution in [-0.2, 0) is 35.3 Å². The number of hydrogen-bond donors (Lipinski definition) is 2. The predicted octanol–water partition coefficient (Wildman–Crippen LogP) is 9.55. The smallest absolute Gasteiger partial charge is 0.314 e. The van der Waals surface area contributed by atoms with Crippen molar-refractivity contribution in [3.05, 3.63) is 121 Å². The third kappa shape index (κ3) is 12.3. The molecule has 4 N–H and O–H groups in total. The zero-order valence-corrected chi connectivity index (χ0v) is 48.0. The average molecular weight is 1280 g/mol. The molecule has 6 amide bonds. The van der Waals surface area contributed by atoms with Crippen LogP contribution >= 0.6 is 86.9 Å². The van der Waals surface area contributed by atoms with E-state index in [2.05, 4.69) is 97.8 Å². The van der Waals surface area contributed by atoms with Crippen LogP contribution in [0.5, 0.6) is 0 Å². The lowest BCUT2D eigenvalue weighted by Gasteiger charge is -2.40. The van der Waals surface area contributed by atoms with Crippen molar-refractivity contribution >= 4 is 111 Å². The minimum atomic E-state index is -0.367. The highest BCUT2D eigenvalue weighted by molar-refractivity contribution is 9.11. The summed E-state index contributed by atoms with van der Waals surface area (Å²) in [6.07, 6.45) is 11.8. The van der Waals surface area contributed by atoms with E-state index in [-0.39, 0.29) is 36.0 Å². The maximum atomic E-state index is 13.1. The Morgan fingerprint density at radius 3 is 1.18 bits per heavy atom. The Labute approximate surface area is 465 Å². The number of aromatic nitrogens is 2. The lowest BCUT2D eigenvalue weighted by atomic mass is 9.93. The highest BCUT2D eigenvalue weighted by Gasteiger charge is 2.38. The fourth-order valence-corrected chi connectivity index (χ4v) is 14.6. The molecule has 384 valence electrons. The van der Waals surface area contributed by atoms with Crippen LogP contribution in [-0.4, -0.2) is 142 Å². The number of nitrogens with zero attached hydrogens (tertiary/aromatic N) is 8. The molecule has 2 unspecified atom stereocenters. The molecule has 0 saturated carbocycles. The van der Waals surface area contributed by atoms with Crippen LogP contribution in [0.3, 0.4) is 0 Å². The minimum absolute atomic E-state index is 0.00706. The Balaban J connectivity index is 0.000000178. The van der Waals surface area contributed by atoms with Crippen LogP contribution < -0.4 is 11.5 Å². The van der Waals surface area contributed by atoms with E-state index in [0.29, 0.717) is 77.0 Å². The number of amides is 6. The van der Waals surface area contributed by atoms with Gasteiger partial charge in [0.25, 0.3) is 0 Å². The van der Waals surface area contributed by atoms with Gasteiger partial charge in [-0.3, -0.25) is 29.4 Å². The van der Waals surface area contributed by atoms with Crippen molar-refractivity contribution in [2.45, 2.75) is 76.3 Å². The van der Waals surface area contributed by atoms with E-state index >= 15 is 0 Å². The SMILES string of the molecule is NC(=O)N1CCC(CC(=O)N2CCN(C3c4ncc(Br)cc4CCc4cc(Cl)cc(Br)c43)CC2)CC1.NC(=O)N1CCC(CC(=O)N2CCN(C3c4ncc(Br)cc4CCc4cc(Cl)cc(Br)c43)CC2)CC1. The topological polar surface area (TPSA) is 166 Å². The summed E-state index contributed by atoms with van der Waals surface area (Å²) in [6.45, 7) is 8.47. The number of piperidine rings is 2. The van der Waals surface area contributed by atoms with E-state index in [1.807, 2.05) is 34.3 Å². The fraction of sp³-hybridized carbons (Fsp3) is 0.500. The van der Waals surface area contributed by atoms with Gasteiger partial charge in [-0.05, 0) is 165 Å². The van der Waals surface area contributed by atoms with Crippen LogP contribution in [0.25, 0.3) is 0 Å². The molecule has 6 aliphatic rings. The lowest BCUT2D eigenvalue weighted by Crippen LogP contribution is -2.50. The van der Waals surface area contributed by atoms with Crippen molar-refractivity contribution in [3.63, 3.8) is 0 Å². The first-order valence-corrected chi connectivity index (χ1v) is 28.9. The Hall–Kier alpha value is -3.36. The molecule has 2 aromatic carbocycles. The van der Waals surface area contributed by atoms with Gasteiger partial charge < -0.3 is 31.1 Å². The van der Waals surface area contributed by atoms with Crippen molar-refractivity contribution < 1.29 is 19.2 Å². The number of nitrogens with two attached hydrogens (primary N) is 2. The molecule has 0 spiro atoms. The highest BCUT2D eigenvalue weighted by Crippen LogP contribution is 2.44. The van der Waals surface area contributed by atoms with Gasteiger partial charge in [0.1, 0.15) is 0 Å². The molecular weight excluding hydrogens is 1220 g/mol. The number of rotatable bonds is 6. The van der Waals surface area contributed by atoms with E-state index in [1.165, 1.54) is 33.4 Å². The third-order valence-electron chi connectivity index (χ3n) is 15.5. The average Bonchev–Trinajstić information content (AvgIpc) is 3.62. The van der Waals surface area contributed by atoms with Crippen molar-refractivity contribution in [2.75, 3.05) is 78.5 Å².